The van der Waals surface area contributed by atoms with E-state index in [4.69, 9.17) is 0 Å². The number of aromatic amines is 1. The number of carbonyl (C=O) groups is 1. The van der Waals surface area contributed by atoms with Crippen LogP contribution in [0.4, 0.5) is 11.4 Å². The summed E-state index contributed by atoms with van der Waals surface area (Å²) in [5.74, 6) is -0.748. The van der Waals surface area contributed by atoms with Gasteiger partial charge in [0, 0.05) is 35.2 Å². The number of amides is 1. The van der Waals surface area contributed by atoms with Crippen molar-refractivity contribution in [2.75, 3.05) is 10.0 Å². The number of fused-ring (bicyclic) bond motifs is 2. The molecule has 4 heterocycles. The molecule has 30 heavy (non-hydrogen) atoms. The van der Waals surface area contributed by atoms with Gasteiger partial charge in [-0.1, -0.05) is 30.4 Å². The summed E-state index contributed by atoms with van der Waals surface area (Å²) >= 11 is -2.25. The molecule has 5 N–H and O–H groups in total. The van der Waals surface area contributed by atoms with E-state index in [1.807, 2.05) is 48.7 Å². The molecule has 2 atom stereocenters. The van der Waals surface area contributed by atoms with E-state index in [1.165, 1.54) is 6.20 Å². The topological polar surface area (TPSA) is 119 Å². The van der Waals surface area contributed by atoms with Crippen LogP contribution in [0, 0.1) is 0 Å². The highest BCUT2D eigenvalue weighted by Crippen LogP contribution is 2.44. The number of nitrogens with zero attached hydrogens (tertiary/aromatic N) is 1. The molecule has 0 bridgehead atoms. The van der Waals surface area contributed by atoms with Crippen LogP contribution in [0.25, 0.3) is 16.7 Å². The summed E-state index contributed by atoms with van der Waals surface area (Å²) in [5, 5.41) is 6.85. The lowest BCUT2D eigenvalue weighted by molar-refractivity contribution is -0.116. The van der Waals surface area contributed by atoms with Gasteiger partial charge in [-0.15, -0.1) is 0 Å². The normalized spacial score (nSPS) is 18.4. The Hall–Kier alpha value is -3.69. The van der Waals surface area contributed by atoms with Crippen molar-refractivity contribution in [1.29, 1.82) is 0 Å². The van der Waals surface area contributed by atoms with Crippen molar-refractivity contribution in [2.45, 2.75) is 5.92 Å². The number of anilines is 2. The molecule has 5 rings (SSSR count). The van der Waals surface area contributed by atoms with Crippen molar-refractivity contribution in [3.05, 3.63) is 83.9 Å². The first-order valence-electron chi connectivity index (χ1n) is 9.21. The van der Waals surface area contributed by atoms with E-state index >= 15 is 0 Å². The first-order chi connectivity index (χ1) is 14.6. The maximum atomic E-state index is 13.1. The average Bonchev–Trinajstić information content (AvgIpc) is 3.16. The Morgan fingerprint density at radius 1 is 1.13 bits per heavy atom. The van der Waals surface area contributed by atoms with Gasteiger partial charge in [0.05, 0.1) is 17.3 Å². The molecule has 0 saturated heterocycles. The van der Waals surface area contributed by atoms with Crippen molar-refractivity contribution in [3.8, 4) is 0 Å². The minimum absolute atomic E-state index is 0.168. The molecule has 0 saturated carbocycles. The van der Waals surface area contributed by atoms with E-state index in [1.54, 1.807) is 12.3 Å². The fourth-order valence-electron chi connectivity index (χ4n) is 3.93. The lowest BCUT2D eigenvalue weighted by Crippen LogP contribution is -2.13. The molecule has 2 aromatic heterocycles. The number of aromatic nitrogens is 2. The van der Waals surface area contributed by atoms with Gasteiger partial charge in [0.2, 0.25) is 5.91 Å². The second kappa shape index (κ2) is 7.29. The van der Waals surface area contributed by atoms with E-state index < -0.39 is 17.2 Å². The summed E-state index contributed by atoms with van der Waals surface area (Å²) in [6.07, 6.45) is 12.8. The van der Waals surface area contributed by atoms with Crippen LogP contribution in [0.3, 0.4) is 0 Å². The number of pyridine rings is 1. The molecule has 2 unspecified atom stereocenters. The standard InChI is InChI=1S/C21H17N5O3S/c27-21-17(14-11-24-20-18(14)16(8-10-23-20)26-30(28)29)13-6-4-5-12(19(13)25-21)15-7-2-1-3-9-22-15/h1-11,17,22H,(H,25,27)(H,28,29)(H2,23,24,26). The SMILES string of the molecule is O=C1Nc2c(C3=CC=CC=CN3)cccc2C1c1c[nH]c2nccc(NS(=O)O)c12. The molecule has 150 valence electrons. The van der Waals surface area contributed by atoms with Crippen LogP contribution in [0.2, 0.25) is 0 Å². The van der Waals surface area contributed by atoms with Gasteiger partial charge in [0.1, 0.15) is 5.65 Å². The van der Waals surface area contributed by atoms with Gasteiger partial charge < -0.3 is 15.6 Å². The van der Waals surface area contributed by atoms with Crippen LogP contribution in [0.15, 0.2) is 67.2 Å². The molecule has 1 amide bonds. The van der Waals surface area contributed by atoms with E-state index in [9.17, 15) is 13.6 Å². The third-order valence-corrected chi connectivity index (χ3v) is 5.54. The van der Waals surface area contributed by atoms with Crippen molar-refractivity contribution in [1.82, 2.24) is 15.3 Å². The molecule has 8 nitrogen and oxygen atoms in total. The highest BCUT2D eigenvalue weighted by Gasteiger charge is 2.36. The fraction of sp³-hybridized carbons (Fsp3) is 0.0476. The lowest BCUT2D eigenvalue weighted by Gasteiger charge is -2.13. The molecule has 0 aliphatic carbocycles. The lowest BCUT2D eigenvalue weighted by atomic mass is 9.91. The van der Waals surface area contributed by atoms with Gasteiger partial charge in [0.25, 0.3) is 11.3 Å². The smallest absolute Gasteiger partial charge is 0.259 e. The highest BCUT2D eigenvalue weighted by molar-refractivity contribution is 7.80. The summed E-state index contributed by atoms with van der Waals surface area (Å²) < 4.78 is 23.2. The Morgan fingerprint density at radius 3 is 2.90 bits per heavy atom. The monoisotopic (exact) mass is 419 g/mol. The minimum Gasteiger partial charge on any atom is -0.361 e. The predicted octanol–water partition coefficient (Wildman–Crippen LogP) is 3.21. The summed E-state index contributed by atoms with van der Waals surface area (Å²) in [6, 6.07) is 7.39. The zero-order valence-electron chi connectivity index (χ0n) is 15.5. The summed E-state index contributed by atoms with van der Waals surface area (Å²) in [7, 11) is 0. The molecule has 0 radical (unpaired) electrons. The number of carbonyl (C=O) groups excluding carboxylic acids is 1. The number of hydrogen-bond donors (Lipinski definition) is 5. The molecule has 3 aromatic rings. The Labute approximate surface area is 174 Å². The van der Waals surface area contributed by atoms with E-state index in [2.05, 4.69) is 25.3 Å². The van der Waals surface area contributed by atoms with Gasteiger partial charge in [0.15, 0.2) is 0 Å². The molecule has 9 heteroatoms. The minimum atomic E-state index is -2.25. The molecule has 0 fully saturated rings. The largest absolute Gasteiger partial charge is 0.361 e. The van der Waals surface area contributed by atoms with Gasteiger partial charge in [-0.05, 0) is 29.3 Å². The maximum absolute atomic E-state index is 13.1. The zero-order chi connectivity index (χ0) is 20.7. The van der Waals surface area contributed by atoms with Crippen LogP contribution in [-0.4, -0.2) is 24.6 Å². The number of H-pyrrole nitrogens is 1. The Kier molecular flexibility index (Phi) is 4.46. The first kappa shape index (κ1) is 18.3. The third-order valence-electron chi connectivity index (χ3n) is 5.14. The second-order valence-corrected chi connectivity index (χ2v) is 7.54. The number of hydrogen-bond acceptors (Lipinski definition) is 4. The van der Waals surface area contributed by atoms with Crippen molar-refractivity contribution < 1.29 is 13.6 Å². The third kappa shape index (κ3) is 3.00. The van der Waals surface area contributed by atoms with E-state index in [0.717, 1.165) is 22.5 Å². The van der Waals surface area contributed by atoms with E-state index in [-0.39, 0.29) is 5.91 Å². The van der Waals surface area contributed by atoms with Crippen molar-refractivity contribution in [2.24, 2.45) is 0 Å². The van der Waals surface area contributed by atoms with Crippen LogP contribution in [0.5, 0.6) is 0 Å². The van der Waals surface area contributed by atoms with Gasteiger partial charge >= 0.3 is 0 Å². The summed E-state index contributed by atoms with van der Waals surface area (Å²) in [6.45, 7) is 0. The molecule has 2 aliphatic rings. The number of nitrogens with one attached hydrogen (secondary N) is 4. The van der Waals surface area contributed by atoms with Gasteiger partial charge in [-0.25, -0.2) is 9.19 Å². The number of rotatable bonds is 4. The number of allylic oxidation sites excluding steroid dienone is 4. The summed E-state index contributed by atoms with van der Waals surface area (Å²) in [5.41, 5.74) is 4.97. The van der Waals surface area contributed by atoms with Crippen LogP contribution in [-0.2, 0) is 16.1 Å². The Balaban J connectivity index is 1.66. The predicted molar refractivity (Wildman–Crippen MR) is 117 cm³/mol. The molecule has 2 aliphatic heterocycles. The Morgan fingerprint density at radius 2 is 2.03 bits per heavy atom. The second-order valence-electron chi connectivity index (χ2n) is 6.84. The molecule has 1 aromatic carbocycles. The molecular weight excluding hydrogens is 402 g/mol. The van der Waals surface area contributed by atoms with Crippen LogP contribution >= 0.6 is 0 Å². The highest BCUT2D eigenvalue weighted by atomic mass is 32.2. The summed E-state index contributed by atoms with van der Waals surface area (Å²) in [4.78, 5) is 20.4. The Bertz CT molecular complexity index is 1290. The first-order valence-corrected chi connectivity index (χ1v) is 10.3. The van der Waals surface area contributed by atoms with Crippen LogP contribution < -0.4 is 15.4 Å². The molecule has 0 spiro atoms. The van der Waals surface area contributed by atoms with E-state index in [0.29, 0.717) is 22.3 Å². The van der Waals surface area contributed by atoms with Crippen LogP contribution in [0.1, 0.15) is 22.6 Å². The number of benzene rings is 1. The van der Waals surface area contributed by atoms with Gasteiger partial charge in [-0.2, -0.15) is 0 Å². The maximum Gasteiger partial charge on any atom is 0.259 e. The fourth-order valence-corrected chi connectivity index (χ4v) is 4.29. The van der Waals surface area contributed by atoms with Crippen molar-refractivity contribution in [3.63, 3.8) is 0 Å². The zero-order valence-corrected chi connectivity index (χ0v) is 16.4. The van der Waals surface area contributed by atoms with Crippen molar-refractivity contribution >= 4 is 45.3 Å². The number of para-hydroxylation sites is 1. The average molecular weight is 419 g/mol. The quantitative estimate of drug-likeness (QED) is 0.416. The van der Waals surface area contributed by atoms with Gasteiger partial charge in [-0.3, -0.25) is 14.1 Å². The molecular formula is C21H17N5O3S.